The second-order valence-corrected chi connectivity index (χ2v) is 5.48. The number of rotatable bonds is 5. The van der Waals surface area contributed by atoms with Gasteiger partial charge in [0.15, 0.2) is 6.10 Å². The summed E-state index contributed by atoms with van der Waals surface area (Å²) in [5, 5.41) is 9.48. The lowest BCUT2D eigenvalue weighted by atomic mass is 10.1. The SMILES string of the molecule is COC1(CO)OC(n2cc(C)c(=O)[nH]c2=O)CC1O[P+](=O)O. The lowest BCUT2D eigenvalue weighted by Gasteiger charge is -2.27. The van der Waals surface area contributed by atoms with Gasteiger partial charge in [0.1, 0.15) is 12.8 Å². The summed E-state index contributed by atoms with van der Waals surface area (Å²) >= 11 is 0. The van der Waals surface area contributed by atoms with Crippen molar-refractivity contribution in [3.8, 4) is 0 Å². The Labute approximate surface area is 125 Å². The van der Waals surface area contributed by atoms with Gasteiger partial charge in [-0.3, -0.25) is 14.3 Å². The van der Waals surface area contributed by atoms with E-state index in [0.717, 1.165) is 4.57 Å². The zero-order valence-corrected chi connectivity index (χ0v) is 12.8. The van der Waals surface area contributed by atoms with E-state index < -0.39 is 44.2 Å². The highest BCUT2D eigenvalue weighted by atomic mass is 31.1. The minimum Gasteiger partial charge on any atom is -0.391 e. The fraction of sp³-hybridized carbons (Fsp3) is 0.636. The number of aliphatic hydroxyl groups is 1. The van der Waals surface area contributed by atoms with Gasteiger partial charge in [0.25, 0.3) is 5.56 Å². The second kappa shape index (κ2) is 6.37. The number of ether oxygens (including phenoxy) is 2. The molecule has 10 nitrogen and oxygen atoms in total. The van der Waals surface area contributed by atoms with Crippen LogP contribution in [0.15, 0.2) is 15.8 Å². The first-order valence-corrected chi connectivity index (χ1v) is 7.45. The Morgan fingerprint density at radius 1 is 1.59 bits per heavy atom. The molecule has 2 heterocycles. The molecule has 122 valence electrons. The van der Waals surface area contributed by atoms with E-state index in [1.807, 2.05) is 0 Å². The standard InChI is InChI=1S/C11H15N2O8P/c1-6-4-13(10(16)12-9(6)15)8-3-7(21-22(17)18)11(5-14,19-2)20-8/h4,7-8,14H,3,5H2,1-2H3,(H-,12,15,16,17,18)/p+1. The number of aromatic nitrogens is 2. The molecule has 1 aromatic rings. The third kappa shape index (κ3) is 3.02. The van der Waals surface area contributed by atoms with Gasteiger partial charge in [-0.05, 0) is 6.92 Å². The van der Waals surface area contributed by atoms with Crippen molar-refractivity contribution in [3.05, 3.63) is 32.6 Å². The number of nitrogens with one attached hydrogen (secondary N) is 1. The first-order chi connectivity index (χ1) is 10.3. The smallest absolute Gasteiger partial charge is 0.391 e. The summed E-state index contributed by atoms with van der Waals surface area (Å²) in [6.45, 7) is 0.864. The fourth-order valence-corrected chi connectivity index (χ4v) is 2.77. The summed E-state index contributed by atoms with van der Waals surface area (Å²) < 4.78 is 27.4. The maximum atomic E-state index is 11.9. The first-order valence-electron chi connectivity index (χ1n) is 6.31. The van der Waals surface area contributed by atoms with E-state index in [-0.39, 0.29) is 12.0 Å². The van der Waals surface area contributed by atoms with Crippen molar-refractivity contribution >= 4 is 8.25 Å². The Bertz CT molecular complexity index is 679. The molecule has 1 aliphatic rings. The van der Waals surface area contributed by atoms with Crippen LogP contribution in [0.5, 0.6) is 0 Å². The second-order valence-electron chi connectivity index (χ2n) is 4.79. The molecular weight excluding hydrogens is 319 g/mol. The monoisotopic (exact) mass is 335 g/mol. The lowest BCUT2D eigenvalue weighted by Crippen LogP contribution is -2.45. The molecule has 0 saturated carbocycles. The van der Waals surface area contributed by atoms with E-state index in [1.54, 1.807) is 0 Å². The summed E-state index contributed by atoms with van der Waals surface area (Å²) in [7, 11) is -1.72. The minimum absolute atomic E-state index is 0.0264. The van der Waals surface area contributed by atoms with Crippen LogP contribution < -0.4 is 11.2 Å². The van der Waals surface area contributed by atoms with Gasteiger partial charge < -0.3 is 14.6 Å². The molecule has 4 atom stereocenters. The van der Waals surface area contributed by atoms with Crippen molar-refractivity contribution in [1.29, 1.82) is 0 Å². The zero-order valence-electron chi connectivity index (χ0n) is 11.9. The summed E-state index contributed by atoms with van der Waals surface area (Å²) in [5.41, 5.74) is -0.948. The van der Waals surface area contributed by atoms with Crippen LogP contribution in [0.4, 0.5) is 0 Å². The van der Waals surface area contributed by atoms with Crippen LogP contribution in [-0.4, -0.2) is 45.2 Å². The molecule has 3 N–H and O–H groups in total. The Kier molecular flexibility index (Phi) is 4.90. The quantitative estimate of drug-likeness (QED) is 0.590. The van der Waals surface area contributed by atoms with Gasteiger partial charge in [-0.2, -0.15) is 0 Å². The largest absolute Gasteiger partial charge is 0.695 e. The van der Waals surface area contributed by atoms with Crippen LogP contribution in [0.25, 0.3) is 0 Å². The third-order valence-electron chi connectivity index (χ3n) is 3.48. The van der Waals surface area contributed by atoms with Gasteiger partial charge in [-0.15, -0.1) is 9.42 Å². The third-order valence-corrected chi connectivity index (χ3v) is 3.92. The van der Waals surface area contributed by atoms with E-state index in [9.17, 15) is 19.3 Å². The number of H-pyrrole nitrogens is 1. The Balaban J connectivity index is 2.39. The number of methoxy groups -OCH3 is 1. The lowest BCUT2D eigenvalue weighted by molar-refractivity contribution is -0.266. The summed E-state index contributed by atoms with van der Waals surface area (Å²) in [6.07, 6.45) is -0.734. The van der Waals surface area contributed by atoms with Gasteiger partial charge in [0.05, 0.1) is 0 Å². The van der Waals surface area contributed by atoms with Crippen LogP contribution in [0.3, 0.4) is 0 Å². The van der Waals surface area contributed by atoms with E-state index >= 15 is 0 Å². The number of hydrogen-bond donors (Lipinski definition) is 3. The van der Waals surface area contributed by atoms with Gasteiger partial charge in [0.2, 0.25) is 5.79 Å². The maximum absolute atomic E-state index is 11.9. The van der Waals surface area contributed by atoms with Crippen LogP contribution in [0.1, 0.15) is 18.2 Å². The number of aryl methyl sites for hydroxylation is 1. The molecule has 0 aliphatic carbocycles. The van der Waals surface area contributed by atoms with Crippen molar-refractivity contribution in [2.75, 3.05) is 13.7 Å². The minimum atomic E-state index is -2.95. The molecule has 1 aromatic heterocycles. The Morgan fingerprint density at radius 3 is 2.82 bits per heavy atom. The van der Waals surface area contributed by atoms with Crippen LogP contribution >= 0.6 is 8.25 Å². The fourth-order valence-electron chi connectivity index (χ4n) is 2.30. The number of aliphatic hydroxyl groups excluding tert-OH is 1. The van der Waals surface area contributed by atoms with Gasteiger partial charge >= 0.3 is 13.9 Å². The van der Waals surface area contributed by atoms with Crippen LogP contribution in [-0.2, 0) is 18.6 Å². The average Bonchev–Trinajstić information content (AvgIpc) is 2.81. The summed E-state index contributed by atoms with van der Waals surface area (Å²) in [5.74, 6) is -1.68. The molecule has 0 bridgehead atoms. The molecule has 2 rings (SSSR count). The average molecular weight is 335 g/mol. The van der Waals surface area contributed by atoms with E-state index in [2.05, 4.69) is 4.98 Å². The van der Waals surface area contributed by atoms with E-state index in [0.29, 0.717) is 0 Å². The van der Waals surface area contributed by atoms with E-state index in [4.69, 9.17) is 18.9 Å². The predicted octanol–water partition coefficient (Wildman–Crippen LogP) is -0.866. The maximum Gasteiger partial charge on any atom is 0.695 e. The molecule has 1 aliphatic heterocycles. The molecule has 11 heteroatoms. The Hall–Kier alpha value is -1.42. The van der Waals surface area contributed by atoms with Crippen molar-refractivity contribution in [3.63, 3.8) is 0 Å². The molecule has 0 amide bonds. The van der Waals surface area contributed by atoms with Crippen LogP contribution in [0.2, 0.25) is 0 Å². The molecule has 22 heavy (non-hydrogen) atoms. The van der Waals surface area contributed by atoms with Gasteiger partial charge in [0, 0.05) is 29.9 Å². The highest BCUT2D eigenvalue weighted by Gasteiger charge is 2.54. The first kappa shape index (κ1) is 16.9. The van der Waals surface area contributed by atoms with Crippen molar-refractivity contribution in [2.45, 2.75) is 31.5 Å². The van der Waals surface area contributed by atoms with E-state index in [1.165, 1.54) is 20.2 Å². The van der Waals surface area contributed by atoms with Crippen molar-refractivity contribution < 1.29 is 28.6 Å². The topological polar surface area (TPSA) is 140 Å². The Morgan fingerprint density at radius 2 is 2.27 bits per heavy atom. The van der Waals surface area contributed by atoms with Crippen LogP contribution in [0, 0.1) is 6.92 Å². The summed E-state index contributed by atoms with van der Waals surface area (Å²) in [6, 6.07) is 0. The normalized spacial score (nSPS) is 28.8. The highest BCUT2D eigenvalue weighted by molar-refractivity contribution is 7.32. The number of hydrogen-bond acceptors (Lipinski definition) is 7. The van der Waals surface area contributed by atoms with Crippen molar-refractivity contribution in [2.24, 2.45) is 0 Å². The predicted molar refractivity (Wildman–Crippen MR) is 72.3 cm³/mol. The number of nitrogens with zero attached hydrogens (tertiary/aromatic N) is 1. The molecule has 0 spiro atoms. The zero-order chi connectivity index (χ0) is 16.5. The van der Waals surface area contributed by atoms with Gasteiger partial charge in [-0.1, -0.05) is 0 Å². The molecule has 1 saturated heterocycles. The van der Waals surface area contributed by atoms with Gasteiger partial charge in [-0.25, -0.2) is 4.79 Å². The van der Waals surface area contributed by atoms with Crippen molar-refractivity contribution in [1.82, 2.24) is 9.55 Å². The molecule has 4 unspecified atom stereocenters. The summed E-state index contributed by atoms with van der Waals surface area (Å²) in [4.78, 5) is 34.3. The molecule has 1 fully saturated rings. The molecular formula is C11H16N2O8P+. The highest BCUT2D eigenvalue weighted by Crippen LogP contribution is 2.41. The molecule has 0 radical (unpaired) electrons. The number of aromatic amines is 1. The molecule has 0 aromatic carbocycles.